The van der Waals surface area contributed by atoms with Crippen molar-refractivity contribution in [3.63, 3.8) is 0 Å². The van der Waals surface area contributed by atoms with Gasteiger partial charge in [0.2, 0.25) is 10.0 Å². The van der Waals surface area contributed by atoms with E-state index in [1.807, 2.05) is 6.07 Å². The molecule has 3 N–H and O–H groups in total. The molecule has 0 atom stereocenters. The van der Waals surface area contributed by atoms with E-state index in [1.165, 1.54) is 0 Å². The monoisotopic (exact) mass is 508 g/mol. The third kappa shape index (κ3) is 9.26. The lowest BCUT2D eigenvalue weighted by atomic mass is 10.1. The molecule has 0 amide bonds. The number of halogens is 3. The highest BCUT2D eigenvalue weighted by Crippen LogP contribution is 2.20. The maximum absolute atomic E-state index is 11.3. The van der Waals surface area contributed by atoms with Gasteiger partial charge in [-0.25, -0.2) is 13.1 Å². The molecule has 0 saturated heterocycles. The van der Waals surface area contributed by atoms with Gasteiger partial charge in [-0.05, 0) is 31.5 Å². The van der Waals surface area contributed by atoms with Gasteiger partial charge in [-0.15, -0.1) is 24.0 Å². The van der Waals surface area contributed by atoms with E-state index in [2.05, 4.69) is 20.3 Å². The zero-order valence-corrected chi connectivity index (χ0v) is 18.6. The molecule has 0 spiro atoms. The summed E-state index contributed by atoms with van der Waals surface area (Å²) in [6.07, 6.45) is 1.13. The number of benzene rings is 1. The predicted octanol–water partition coefficient (Wildman–Crippen LogP) is 2.60. The number of sulfonamides is 1. The second-order valence-corrected chi connectivity index (χ2v) is 8.37. The molecule has 138 valence electrons. The van der Waals surface area contributed by atoms with E-state index >= 15 is 0 Å². The first-order chi connectivity index (χ1) is 10.5. The van der Waals surface area contributed by atoms with Crippen LogP contribution in [0.4, 0.5) is 0 Å². The number of hydrogen-bond donors (Lipinski definition) is 3. The summed E-state index contributed by atoms with van der Waals surface area (Å²) in [6, 6.07) is 5.27. The van der Waals surface area contributed by atoms with Gasteiger partial charge in [-0.1, -0.05) is 29.3 Å². The first-order valence-electron chi connectivity index (χ1n) is 6.90. The highest BCUT2D eigenvalue weighted by molar-refractivity contribution is 14.0. The lowest BCUT2D eigenvalue weighted by molar-refractivity contribution is 0.446. The Hall–Kier alpha value is -0.290. The summed E-state index contributed by atoms with van der Waals surface area (Å²) in [5.74, 6) is 0.541. The summed E-state index contributed by atoms with van der Waals surface area (Å²) in [5.41, 5.74) is 0.232. The average Bonchev–Trinajstić information content (AvgIpc) is 2.38. The Morgan fingerprint density at radius 3 is 2.38 bits per heavy atom. The Balaban J connectivity index is 0.00000529. The van der Waals surface area contributed by atoms with Gasteiger partial charge in [0, 0.05) is 35.7 Å². The van der Waals surface area contributed by atoms with Gasteiger partial charge in [-0.2, -0.15) is 0 Å². The van der Waals surface area contributed by atoms with Crippen LogP contribution >= 0.6 is 47.2 Å². The Bertz CT molecular complexity index is 681. The van der Waals surface area contributed by atoms with E-state index < -0.39 is 15.6 Å². The number of hydrogen-bond acceptors (Lipinski definition) is 3. The Kier molecular flexibility index (Phi) is 9.88. The van der Waals surface area contributed by atoms with Crippen LogP contribution in [0.2, 0.25) is 10.0 Å². The van der Waals surface area contributed by atoms with Crippen molar-refractivity contribution < 1.29 is 8.42 Å². The molecule has 0 unspecified atom stereocenters. The zero-order chi connectivity index (χ0) is 17.7. The van der Waals surface area contributed by atoms with Gasteiger partial charge in [-0.3, -0.25) is 4.99 Å². The molecule has 0 aliphatic rings. The molecule has 0 aromatic heterocycles. The van der Waals surface area contributed by atoms with Crippen LogP contribution in [-0.2, 0) is 16.6 Å². The van der Waals surface area contributed by atoms with Gasteiger partial charge in [0.15, 0.2) is 5.96 Å². The van der Waals surface area contributed by atoms with Crippen molar-refractivity contribution in [3.8, 4) is 0 Å². The second kappa shape index (κ2) is 10.0. The molecule has 10 heteroatoms. The van der Waals surface area contributed by atoms with Crippen LogP contribution in [0.25, 0.3) is 0 Å². The predicted molar refractivity (Wildman–Crippen MR) is 112 cm³/mol. The molecule has 0 bridgehead atoms. The summed E-state index contributed by atoms with van der Waals surface area (Å²) in [5, 5.41) is 7.34. The quantitative estimate of drug-likeness (QED) is 0.313. The van der Waals surface area contributed by atoms with Crippen LogP contribution in [0, 0.1) is 0 Å². The summed E-state index contributed by atoms with van der Waals surface area (Å²) in [6.45, 7) is 4.40. The van der Waals surface area contributed by atoms with Crippen molar-refractivity contribution >= 4 is 63.2 Å². The molecule has 24 heavy (non-hydrogen) atoms. The molecule has 0 fully saturated rings. The summed E-state index contributed by atoms with van der Waals surface area (Å²) in [7, 11) is -1.65. The SMILES string of the molecule is CN=C(NCc1ccc(Cl)cc1Cl)NCC(C)(C)NS(C)(=O)=O.I. The smallest absolute Gasteiger partial charge is 0.209 e. The Labute approximate surface area is 170 Å². The third-order valence-corrected chi connectivity index (χ3v) is 4.35. The molecule has 1 rings (SSSR count). The molecule has 1 aromatic rings. The second-order valence-electron chi connectivity index (χ2n) is 5.77. The van der Waals surface area contributed by atoms with Crippen molar-refractivity contribution in [2.24, 2.45) is 4.99 Å². The van der Waals surface area contributed by atoms with Crippen LogP contribution < -0.4 is 15.4 Å². The number of guanidine groups is 1. The van der Waals surface area contributed by atoms with Crippen molar-refractivity contribution in [3.05, 3.63) is 33.8 Å². The Morgan fingerprint density at radius 2 is 1.88 bits per heavy atom. The highest BCUT2D eigenvalue weighted by Gasteiger charge is 2.22. The summed E-state index contributed by atoms with van der Waals surface area (Å²) in [4.78, 5) is 4.10. The van der Waals surface area contributed by atoms with E-state index in [0.717, 1.165) is 11.8 Å². The standard InChI is InChI=1S/C14H22Cl2N4O2S.HI/c1-14(2,20-23(4,21)22)9-19-13(17-3)18-8-10-5-6-11(15)7-12(10)16;/h5-7,20H,8-9H2,1-4H3,(H2,17,18,19);1H. The van der Waals surface area contributed by atoms with E-state index in [1.54, 1.807) is 33.0 Å². The first-order valence-corrected chi connectivity index (χ1v) is 9.54. The third-order valence-electron chi connectivity index (χ3n) is 2.84. The molecular weight excluding hydrogens is 486 g/mol. The molecular formula is C14H23Cl2IN4O2S. The van der Waals surface area contributed by atoms with Crippen molar-refractivity contribution in [1.82, 2.24) is 15.4 Å². The average molecular weight is 509 g/mol. The fourth-order valence-electron chi connectivity index (χ4n) is 1.91. The number of aliphatic imine (C=N–C) groups is 1. The molecule has 0 heterocycles. The fraction of sp³-hybridized carbons (Fsp3) is 0.500. The van der Waals surface area contributed by atoms with E-state index in [4.69, 9.17) is 23.2 Å². The minimum absolute atomic E-state index is 0. The Morgan fingerprint density at radius 1 is 1.25 bits per heavy atom. The van der Waals surface area contributed by atoms with Crippen LogP contribution in [0.1, 0.15) is 19.4 Å². The number of nitrogens with zero attached hydrogens (tertiary/aromatic N) is 1. The number of nitrogens with one attached hydrogen (secondary N) is 3. The van der Waals surface area contributed by atoms with Gasteiger partial charge in [0.1, 0.15) is 0 Å². The normalized spacial score (nSPS) is 12.5. The maximum Gasteiger partial charge on any atom is 0.209 e. The van der Waals surface area contributed by atoms with E-state index in [0.29, 0.717) is 29.1 Å². The van der Waals surface area contributed by atoms with Crippen molar-refractivity contribution in [2.45, 2.75) is 25.9 Å². The summed E-state index contributed by atoms with van der Waals surface area (Å²) < 4.78 is 25.2. The topological polar surface area (TPSA) is 82.6 Å². The largest absolute Gasteiger partial charge is 0.355 e. The zero-order valence-electron chi connectivity index (χ0n) is 14.0. The van der Waals surface area contributed by atoms with E-state index in [9.17, 15) is 8.42 Å². The molecule has 6 nitrogen and oxygen atoms in total. The highest BCUT2D eigenvalue weighted by atomic mass is 127. The van der Waals surface area contributed by atoms with Crippen LogP contribution in [0.5, 0.6) is 0 Å². The minimum atomic E-state index is -3.28. The minimum Gasteiger partial charge on any atom is -0.355 e. The summed E-state index contributed by atoms with van der Waals surface area (Å²) >= 11 is 12.0. The molecule has 0 saturated carbocycles. The van der Waals surface area contributed by atoms with Crippen molar-refractivity contribution in [2.75, 3.05) is 19.8 Å². The van der Waals surface area contributed by atoms with Gasteiger partial charge in [0.05, 0.1) is 6.26 Å². The first kappa shape index (κ1) is 23.7. The van der Waals surface area contributed by atoms with E-state index in [-0.39, 0.29) is 24.0 Å². The maximum atomic E-state index is 11.3. The lowest BCUT2D eigenvalue weighted by Gasteiger charge is -2.26. The molecule has 0 aliphatic heterocycles. The van der Waals surface area contributed by atoms with Crippen LogP contribution in [0.15, 0.2) is 23.2 Å². The van der Waals surface area contributed by atoms with Gasteiger partial charge < -0.3 is 10.6 Å². The molecule has 1 aromatic carbocycles. The van der Waals surface area contributed by atoms with Gasteiger partial charge in [0.25, 0.3) is 0 Å². The fourth-order valence-corrected chi connectivity index (χ4v) is 3.46. The van der Waals surface area contributed by atoms with Crippen LogP contribution in [0.3, 0.4) is 0 Å². The van der Waals surface area contributed by atoms with Crippen molar-refractivity contribution in [1.29, 1.82) is 0 Å². The number of rotatable bonds is 6. The molecule has 0 aliphatic carbocycles. The molecule has 0 radical (unpaired) electrons. The van der Waals surface area contributed by atoms with Crippen LogP contribution in [-0.4, -0.2) is 39.8 Å². The van der Waals surface area contributed by atoms with Gasteiger partial charge >= 0.3 is 0 Å². The lowest BCUT2D eigenvalue weighted by Crippen LogP contribution is -2.52.